The number of nitrogens with one attached hydrogen (secondary N) is 2. The summed E-state index contributed by atoms with van der Waals surface area (Å²) >= 11 is 0. The molecule has 2 N–H and O–H groups in total. The number of aryl methyl sites for hydroxylation is 3. The molecule has 0 aliphatic carbocycles. The van der Waals surface area contributed by atoms with Crippen molar-refractivity contribution in [2.75, 3.05) is 10.6 Å². The van der Waals surface area contributed by atoms with Gasteiger partial charge in [0.25, 0.3) is 6.71 Å². The topological polar surface area (TPSA) is 54.8 Å². The highest BCUT2D eigenvalue weighted by Crippen LogP contribution is 2.36. The van der Waals surface area contributed by atoms with Crippen molar-refractivity contribution < 1.29 is 0 Å². The molecule has 2 aliphatic rings. The summed E-state index contributed by atoms with van der Waals surface area (Å²) in [6.07, 6.45) is 1.92. The van der Waals surface area contributed by atoms with E-state index < -0.39 is 0 Å². The third-order valence-corrected chi connectivity index (χ3v) is 10.3. The van der Waals surface area contributed by atoms with Gasteiger partial charge in [0.15, 0.2) is 0 Å². The van der Waals surface area contributed by atoms with Crippen LogP contribution in [0.15, 0.2) is 128 Å². The van der Waals surface area contributed by atoms with Crippen LogP contribution in [-0.2, 0) is 0 Å². The zero-order chi connectivity index (χ0) is 32.8. The first-order chi connectivity index (χ1) is 24.0. The summed E-state index contributed by atoms with van der Waals surface area (Å²) in [6, 6.07) is 43.7. The van der Waals surface area contributed by atoms with E-state index in [9.17, 15) is 0 Å². The van der Waals surface area contributed by atoms with Crippen molar-refractivity contribution >= 4 is 67.7 Å². The molecule has 0 radical (unpaired) electrons. The number of anilines is 4. The molecule has 10 rings (SSSR count). The molecular formula is C43H32BN5. The minimum Gasteiger partial charge on any atom is -0.356 e. The van der Waals surface area contributed by atoms with Crippen LogP contribution in [0.2, 0.25) is 0 Å². The Morgan fingerprint density at radius 1 is 0.612 bits per heavy atom. The zero-order valence-electron chi connectivity index (χ0n) is 27.5. The molecule has 2 aliphatic heterocycles. The number of para-hydroxylation sites is 2. The van der Waals surface area contributed by atoms with Crippen LogP contribution in [-0.4, -0.2) is 21.2 Å². The zero-order valence-corrected chi connectivity index (χ0v) is 27.5. The lowest BCUT2D eigenvalue weighted by Gasteiger charge is -2.35. The Morgan fingerprint density at radius 2 is 1.29 bits per heavy atom. The minimum absolute atomic E-state index is 0.0225. The summed E-state index contributed by atoms with van der Waals surface area (Å²) in [5.74, 6) is 0.945. The van der Waals surface area contributed by atoms with Gasteiger partial charge in [-0.3, -0.25) is 9.55 Å². The summed E-state index contributed by atoms with van der Waals surface area (Å²) in [6.45, 7) is 6.60. The highest BCUT2D eigenvalue weighted by atomic mass is 15.1. The first-order valence-electron chi connectivity index (χ1n) is 16.9. The van der Waals surface area contributed by atoms with Gasteiger partial charge < -0.3 is 10.6 Å². The third kappa shape index (κ3) is 4.20. The smallest absolute Gasteiger partial charge is 0.252 e. The average Bonchev–Trinajstić information content (AvgIpc) is 3.49. The summed E-state index contributed by atoms with van der Waals surface area (Å²) < 4.78 is 2.36. The quantitative estimate of drug-likeness (QED) is 0.193. The fraction of sp³-hybridized carbons (Fsp3) is 0.0698. The standard InChI is InChI=1S/C43H32BN5/c1-25-21-26(2)42(27(3)22-25)49-39-14-7-6-11-36(39)48-43(49)30-16-18-35-33(24-30)44-32-23-29(41-31-10-5-4-9-28(31)19-20-45-41)15-17-34(32)46-37-12-8-13-38(47-35)40(37)44/h4-24,46-47H,1-3H3. The van der Waals surface area contributed by atoms with E-state index in [1.165, 1.54) is 44.2 Å². The van der Waals surface area contributed by atoms with E-state index in [1.54, 1.807) is 0 Å². The largest absolute Gasteiger partial charge is 0.356 e. The van der Waals surface area contributed by atoms with E-state index in [2.05, 4.69) is 157 Å². The number of rotatable bonds is 3. The monoisotopic (exact) mass is 629 g/mol. The Morgan fingerprint density at radius 3 is 2.06 bits per heavy atom. The van der Waals surface area contributed by atoms with Gasteiger partial charge in [-0.2, -0.15) is 0 Å². The molecule has 0 spiro atoms. The van der Waals surface area contributed by atoms with Crippen LogP contribution in [0.4, 0.5) is 22.7 Å². The summed E-state index contributed by atoms with van der Waals surface area (Å²) in [7, 11) is 0. The Balaban J connectivity index is 1.20. The van der Waals surface area contributed by atoms with Crippen LogP contribution in [0.5, 0.6) is 0 Å². The number of aromatic nitrogens is 3. The van der Waals surface area contributed by atoms with Crippen molar-refractivity contribution in [2.24, 2.45) is 0 Å². The van der Waals surface area contributed by atoms with E-state index in [-0.39, 0.29) is 6.71 Å². The van der Waals surface area contributed by atoms with Crippen molar-refractivity contribution in [2.45, 2.75) is 20.8 Å². The van der Waals surface area contributed by atoms with Gasteiger partial charge in [-0.1, -0.05) is 78.4 Å². The molecule has 49 heavy (non-hydrogen) atoms. The fourth-order valence-corrected chi connectivity index (χ4v) is 8.30. The fourth-order valence-electron chi connectivity index (χ4n) is 8.30. The summed E-state index contributed by atoms with van der Waals surface area (Å²) in [4.78, 5) is 10.2. The van der Waals surface area contributed by atoms with Crippen LogP contribution < -0.4 is 27.0 Å². The number of nitrogens with zero attached hydrogens (tertiary/aromatic N) is 3. The first-order valence-corrected chi connectivity index (χ1v) is 16.9. The number of benzene rings is 6. The van der Waals surface area contributed by atoms with Crippen LogP contribution in [0.1, 0.15) is 16.7 Å². The number of imidazole rings is 1. The SMILES string of the molecule is Cc1cc(C)c(-n2c(-c3ccc4c(c3)B3c5cc(-c6nccc7ccccc67)ccc5Nc5cccc(c53)N4)nc3ccccc32)c(C)c1. The highest BCUT2D eigenvalue weighted by molar-refractivity contribution is 7.00. The molecule has 0 saturated carbocycles. The molecule has 0 fully saturated rings. The summed E-state index contributed by atoms with van der Waals surface area (Å²) in [5.41, 5.74) is 18.5. The van der Waals surface area contributed by atoms with Crippen LogP contribution in [0.25, 0.3) is 50.1 Å². The number of pyridine rings is 1. The van der Waals surface area contributed by atoms with Crippen molar-refractivity contribution in [1.82, 2.24) is 14.5 Å². The molecule has 0 saturated heterocycles. The molecule has 2 aromatic heterocycles. The second-order valence-corrected chi connectivity index (χ2v) is 13.4. The van der Waals surface area contributed by atoms with Crippen LogP contribution in [0.3, 0.4) is 0 Å². The Hall–Kier alpha value is -6.14. The van der Waals surface area contributed by atoms with Gasteiger partial charge in [-0.15, -0.1) is 0 Å². The van der Waals surface area contributed by atoms with E-state index in [4.69, 9.17) is 9.97 Å². The maximum Gasteiger partial charge on any atom is 0.252 e. The Bertz CT molecular complexity index is 2630. The molecular weight excluding hydrogens is 597 g/mol. The van der Waals surface area contributed by atoms with Gasteiger partial charge in [0.1, 0.15) is 5.82 Å². The lowest BCUT2D eigenvalue weighted by atomic mass is 9.33. The van der Waals surface area contributed by atoms with Gasteiger partial charge in [0.05, 0.1) is 22.4 Å². The van der Waals surface area contributed by atoms with Crippen LogP contribution in [0, 0.1) is 20.8 Å². The second-order valence-electron chi connectivity index (χ2n) is 13.4. The summed E-state index contributed by atoms with van der Waals surface area (Å²) in [5, 5.41) is 9.88. The maximum atomic E-state index is 5.29. The van der Waals surface area contributed by atoms with E-state index in [1.807, 2.05) is 6.20 Å². The second kappa shape index (κ2) is 10.4. The molecule has 0 atom stereocenters. The van der Waals surface area contributed by atoms with Gasteiger partial charge in [-0.05, 0) is 102 Å². The molecule has 232 valence electrons. The molecule has 6 aromatic carbocycles. The molecule has 6 heteroatoms. The number of hydrogen-bond acceptors (Lipinski definition) is 4. The van der Waals surface area contributed by atoms with Gasteiger partial charge in [0.2, 0.25) is 0 Å². The molecule has 8 aromatic rings. The van der Waals surface area contributed by atoms with E-state index in [0.717, 1.165) is 61.8 Å². The normalized spacial score (nSPS) is 12.7. The molecule has 4 heterocycles. The van der Waals surface area contributed by atoms with Crippen LogP contribution >= 0.6 is 0 Å². The van der Waals surface area contributed by atoms with Crippen molar-refractivity contribution in [3.05, 3.63) is 144 Å². The van der Waals surface area contributed by atoms with Gasteiger partial charge in [-0.25, -0.2) is 4.98 Å². The van der Waals surface area contributed by atoms with Crippen molar-refractivity contribution in [3.8, 4) is 28.3 Å². The predicted octanol–water partition coefficient (Wildman–Crippen LogP) is 8.46. The minimum atomic E-state index is 0.0225. The van der Waals surface area contributed by atoms with Crippen molar-refractivity contribution in [1.29, 1.82) is 0 Å². The van der Waals surface area contributed by atoms with E-state index >= 15 is 0 Å². The molecule has 5 nitrogen and oxygen atoms in total. The Kier molecular flexibility index (Phi) is 5.95. The number of hydrogen-bond donors (Lipinski definition) is 2. The predicted molar refractivity (Wildman–Crippen MR) is 206 cm³/mol. The number of fused-ring (bicyclic) bond motifs is 6. The van der Waals surface area contributed by atoms with E-state index in [0.29, 0.717) is 0 Å². The van der Waals surface area contributed by atoms with Gasteiger partial charge >= 0.3 is 0 Å². The average molecular weight is 630 g/mol. The maximum absolute atomic E-state index is 5.29. The van der Waals surface area contributed by atoms with Crippen molar-refractivity contribution in [3.63, 3.8) is 0 Å². The third-order valence-electron chi connectivity index (χ3n) is 10.3. The lowest BCUT2D eigenvalue weighted by molar-refractivity contribution is 1.06. The first kappa shape index (κ1) is 27.9. The highest BCUT2D eigenvalue weighted by Gasteiger charge is 2.38. The van der Waals surface area contributed by atoms with Gasteiger partial charge in [0, 0.05) is 45.5 Å². The molecule has 0 bridgehead atoms. The molecule has 0 amide bonds. The lowest BCUT2D eigenvalue weighted by Crippen LogP contribution is -2.59. The molecule has 0 unspecified atom stereocenters. The Labute approximate surface area is 285 Å².